The Morgan fingerprint density at radius 3 is 2.93 bits per heavy atom. The molecule has 0 atom stereocenters. The van der Waals surface area contributed by atoms with Crippen LogP contribution in [0.25, 0.3) is 10.6 Å². The summed E-state index contributed by atoms with van der Waals surface area (Å²) in [6.07, 6.45) is 0.804. The van der Waals surface area contributed by atoms with Crippen LogP contribution in [-0.4, -0.2) is 9.97 Å². The Kier molecular flexibility index (Phi) is 2.79. The highest BCUT2D eigenvalue weighted by molar-refractivity contribution is 7.13. The Morgan fingerprint density at radius 1 is 1.43 bits per heavy atom. The average Bonchev–Trinajstić information content (AvgIpc) is 2.69. The fourth-order valence-corrected chi connectivity index (χ4v) is 2.06. The molecule has 2 aromatic heterocycles. The van der Waals surface area contributed by atoms with Crippen molar-refractivity contribution in [1.29, 1.82) is 0 Å². The van der Waals surface area contributed by atoms with Gasteiger partial charge < -0.3 is 0 Å². The van der Waals surface area contributed by atoms with E-state index >= 15 is 0 Å². The van der Waals surface area contributed by atoms with E-state index in [9.17, 15) is 0 Å². The van der Waals surface area contributed by atoms with Crippen LogP contribution in [-0.2, 0) is 6.42 Å². The van der Waals surface area contributed by atoms with Crippen LogP contribution in [0.1, 0.15) is 12.7 Å². The number of hydrogen-bond donors (Lipinski definition) is 0. The first kappa shape index (κ1) is 9.62. The second-order valence-corrected chi connectivity index (χ2v) is 4.16. The van der Waals surface area contributed by atoms with Crippen molar-refractivity contribution in [2.24, 2.45) is 0 Å². The van der Waals surface area contributed by atoms with Gasteiger partial charge in [0.2, 0.25) is 0 Å². The van der Waals surface area contributed by atoms with Crippen molar-refractivity contribution in [2.45, 2.75) is 13.3 Å². The van der Waals surface area contributed by atoms with Crippen molar-refractivity contribution in [3.8, 4) is 10.6 Å². The van der Waals surface area contributed by atoms with Crippen LogP contribution in [0.4, 0.5) is 0 Å². The van der Waals surface area contributed by atoms with Crippen molar-refractivity contribution < 1.29 is 0 Å². The second-order valence-electron chi connectivity index (χ2n) is 2.82. The van der Waals surface area contributed by atoms with Crippen molar-refractivity contribution in [1.82, 2.24) is 9.97 Å². The number of thiophene rings is 1. The maximum absolute atomic E-state index is 5.90. The standard InChI is InChI=1S/C10H9ClN2S/c1-2-10-12-7(6-9(11)13-10)8-4-3-5-14-8/h3-6H,2H2,1H3. The largest absolute Gasteiger partial charge is 0.232 e. The molecule has 0 N–H and O–H groups in total. The highest BCUT2D eigenvalue weighted by atomic mass is 35.5. The minimum atomic E-state index is 0.514. The normalized spacial score (nSPS) is 10.4. The highest BCUT2D eigenvalue weighted by Crippen LogP contribution is 2.24. The third-order valence-electron chi connectivity index (χ3n) is 1.83. The van der Waals surface area contributed by atoms with Crippen LogP contribution >= 0.6 is 22.9 Å². The number of aryl methyl sites for hydroxylation is 1. The van der Waals surface area contributed by atoms with Crippen LogP contribution < -0.4 is 0 Å². The molecule has 0 amide bonds. The minimum Gasteiger partial charge on any atom is -0.232 e. The first-order chi connectivity index (χ1) is 6.79. The molecular formula is C10H9ClN2S. The summed E-state index contributed by atoms with van der Waals surface area (Å²) in [7, 11) is 0. The zero-order chi connectivity index (χ0) is 9.97. The Labute approximate surface area is 91.6 Å². The molecule has 0 saturated carbocycles. The predicted octanol–water partition coefficient (Wildman–Crippen LogP) is 3.42. The lowest BCUT2D eigenvalue weighted by molar-refractivity contribution is 0.944. The van der Waals surface area contributed by atoms with Gasteiger partial charge in [0.05, 0.1) is 10.6 Å². The smallest absolute Gasteiger partial charge is 0.133 e. The lowest BCUT2D eigenvalue weighted by Crippen LogP contribution is -1.94. The molecule has 2 aromatic rings. The number of rotatable bonds is 2. The molecule has 0 radical (unpaired) electrons. The summed E-state index contributed by atoms with van der Waals surface area (Å²) in [4.78, 5) is 9.66. The van der Waals surface area contributed by atoms with Gasteiger partial charge in [-0.2, -0.15) is 0 Å². The molecule has 0 aromatic carbocycles. The van der Waals surface area contributed by atoms with Gasteiger partial charge in [-0.15, -0.1) is 11.3 Å². The number of nitrogens with zero attached hydrogens (tertiary/aromatic N) is 2. The van der Waals surface area contributed by atoms with E-state index in [-0.39, 0.29) is 0 Å². The SMILES string of the molecule is CCc1nc(Cl)cc(-c2cccs2)n1. The van der Waals surface area contributed by atoms with E-state index in [1.165, 1.54) is 0 Å². The highest BCUT2D eigenvalue weighted by Gasteiger charge is 2.04. The topological polar surface area (TPSA) is 25.8 Å². The van der Waals surface area contributed by atoms with E-state index in [1.54, 1.807) is 17.4 Å². The molecule has 0 bridgehead atoms. The van der Waals surface area contributed by atoms with Gasteiger partial charge in [-0.3, -0.25) is 0 Å². The summed E-state index contributed by atoms with van der Waals surface area (Å²) in [5, 5.41) is 2.54. The number of halogens is 1. The first-order valence-electron chi connectivity index (χ1n) is 4.37. The maximum atomic E-state index is 5.90. The quantitative estimate of drug-likeness (QED) is 0.731. The van der Waals surface area contributed by atoms with Gasteiger partial charge in [0, 0.05) is 12.5 Å². The molecular weight excluding hydrogens is 216 g/mol. The van der Waals surface area contributed by atoms with Crippen molar-refractivity contribution >= 4 is 22.9 Å². The van der Waals surface area contributed by atoms with Crippen LogP contribution in [0.3, 0.4) is 0 Å². The van der Waals surface area contributed by atoms with Gasteiger partial charge in [-0.25, -0.2) is 9.97 Å². The summed E-state index contributed by atoms with van der Waals surface area (Å²) in [6, 6.07) is 5.83. The minimum absolute atomic E-state index is 0.514. The van der Waals surface area contributed by atoms with E-state index in [4.69, 9.17) is 11.6 Å². The lowest BCUT2D eigenvalue weighted by Gasteiger charge is -2.00. The summed E-state index contributed by atoms with van der Waals surface area (Å²) < 4.78 is 0. The van der Waals surface area contributed by atoms with Crippen LogP contribution in [0.5, 0.6) is 0 Å². The molecule has 0 aliphatic rings. The van der Waals surface area contributed by atoms with E-state index in [0.717, 1.165) is 22.8 Å². The Bertz CT molecular complexity index is 426. The molecule has 0 aliphatic carbocycles. The molecule has 0 unspecified atom stereocenters. The van der Waals surface area contributed by atoms with Crippen molar-refractivity contribution in [3.05, 3.63) is 34.6 Å². The zero-order valence-corrected chi connectivity index (χ0v) is 9.27. The van der Waals surface area contributed by atoms with E-state index < -0.39 is 0 Å². The van der Waals surface area contributed by atoms with Gasteiger partial charge in [-0.05, 0) is 11.4 Å². The first-order valence-corrected chi connectivity index (χ1v) is 5.62. The second kappa shape index (κ2) is 4.07. The summed E-state index contributed by atoms with van der Waals surface area (Å²) in [5.41, 5.74) is 0.914. The fourth-order valence-electron chi connectivity index (χ4n) is 1.17. The third-order valence-corrected chi connectivity index (χ3v) is 2.92. The maximum Gasteiger partial charge on any atom is 0.133 e. The summed E-state index contributed by atoms with van der Waals surface area (Å²) in [6.45, 7) is 2.02. The van der Waals surface area contributed by atoms with Crippen LogP contribution in [0.2, 0.25) is 5.15 Å². The van der Waals surface area contributed by atoms with Gasteiger partial charge >= 0.3 is 0 Å². The third kappa shape index (κ3) is 1.94. The summed E-state index contributed by atoms with van der Waals surface area (Å²) in [5.74, 6) is 0.792. The van der Waals surface area contributed by atoms with Crippen molar-refractivity contribution in [3.63, 3.8) is 0 Å². The van der Waals surface area contributed by atoms with E-state index in [1.807, 2.05) is 24.4 Å². The fraction of sp³-hybridized carbons (Fsp3) is 0.200. The predicted molar refractivity (Wildman–Crippen MR) is 59.7 cm³/mol. The molecule has 0 saturated heterocycles. The van der Waals surface area contributed by atoms with Gasteiger partial charge in [-0.1, -0.05) is 24.6 Å². The molecule has 0 spiro atoms. The van der Waals surface area contributed by atoms with Gasteiger partial charge in [0.1, 0.15) is 11.0 Å². The summed E-state index contributed by atoms with van der Waals surface area (Å²) >= 11 is 7.55. The molecule has 0 aliphatic heterocycles. The lowest BCUT2D eigenvalue weighted by atomic mass is 10.3. The molecule has 14 heavy (non-hydrogen) atoms. The zero-order valence-electron chi connectivity index (χ0n) is 7.70. The van der Waals surface area contributed by atoms with Gasteiger partial charge in [0.25, 0.3) is 0 Å². The Balaban J connectivity index is 2.48. The average molecular weight is 225 g/mol. The Morgan fingerprint density at radius 2 is 2.29 bits per heavy atom. The molecule has 2 nitrogen and oxygen atoms in total. The monoisotopic (exact) mass is 224 g/mol. The van der Waals surface area contributed by atoms with Gasteiger partial charge in [0.15, 0.2) is 0 Å². The van der Waals surface area contributed by atoms with Crippen LogP contribution in [0.15, 0.2) is 23.6 Å². The molecule has 4 heteroatoms. The number of aromatic nitrogens is 2. The molecule has 2 heterocycles. The van der Waals surface area contributed by atoms with E-state index in [0.29, 0.717) is 5.15 Å². The molecule has 0 fully saturated rings. The van der Waals surface area contributed by atoms with Crippen LogP contribution in [0, 0.1) is 0 Å². The van der Waals surface area contributed by atoms with Crippen molar-refractivity contribution in [2.75, 3.05) is 0 Å². The molecule has 72 valence electrons. The molecule has 2 rings (SSSR count). The Hall–Kier alpha value is -0.930. The number of hydrogen-bond acceptors (Lipinski definition) is 3. The van der Waals surface area contributed by atoms with E-state index in [2.05, 4.69) is 9.97 Å².